The van der Waals surface area contributed by atoms with Gasteiger partial charge in [-0.2, -0.15) is 0 Å². The molecule has 0 saturated heterocycles. The van der Waals surface area contributed by atoms with Gasteiger partial charge in [0.25, 0.3) is 0 Å². The van der Waals surface area contributed by atoms with Gasteiger partial charge in [-0.15, -0.1) is 0 Å². The SMILES string of the molecule is CCCCN(C)c1ccc(C)cc1N. The van der Waals surface area contributed by atoms with Gasteiger partial charge in [0.15, 0.2) is 0 Å². The van der Waals surface area contributed by atoms with E-state index in [2.05, 4.69) is 37.9 Å². The summed E-state index contributed by atoms with van der Waals surface area (Å²) in [5.41, 5.74) is 9.19. The summed E-state index contributed by atoms with van der Waals surface area (Å²) >= 11 is 0. The first kappa shape index (κ1) is 10.9. The van der Waals surface area contributed by atoms with E-state index in [1.807, 2.05) is 6.07 Å². The van der Waals surface area contributed by atoms with Crippen LogP contribution < -0.4 is 10.6 Å². The zero-order valence-electron chi connectivity index (χ0n) is 9.38. The molecule has 1 rings (SSSR count). The van der Waals surface area contributed by atoms with Gasteiger partial charge < -0.3 is 10.6 Å². The van der Waals surface area contributed by atoms with Crippen LogP contribution in [0.4, 0.5) is 11.4 Å². The average molecular weight is 192 g/mol. The van der Waals surface area contributed by atoms with Crippen molar-refractivity contribution < 1.29 is 0 Å². The van der Waals surface area contributed by atoms with E-state index in [0.717, 1.165) is 17.9 Å². The van der Waals surface area contributed by atoms with Crippen molar-refractivity contribution in [3.63, 3.8) is 0 Å². The van der Waals surface area contributed by atoms with Gasteiger partial charge >= 0.3 is 0 Å². The Morgan fingerprint density at radius 3 is 2.64 bits per heavy atom. The van der Waals surface area contributed by atoms with Crippen molar-refractivity contribution in [3.8, 4) is 0 Å². The van der Waals surface area contributed by atoms with Crippen LogP contribution in [0.2, 0.25) is 0 Å². The van der Waals surface area contributed by atoms with Gasteiger partial charge in [-0.3, -0.25) is 0 Å². The first-order chi connectivity index (χ1) is 6.65. The first-order valence-electron chi connectivity index (χ1n) is 5.22. The maximum Gasteiger partial charge on any atom is 0.0597 e. The van der Waals surface area contributed by atoms with Crippen molar-refractivity contribution >= 4 is 11.4 Å². The maximum absolute atomic E-state index is 5.95. The monoisotopic (exact) mass is 192 g/mol. The Morgan fingerprint density at radius 2 is 2.07 bits per heavy atom. The van der Waals surface area contributed by atoms with Crippen LogP contribution in [0.1, 0.15) is 25.3 Å². The molecule has 2 nitrogen and oxygen atoms in total. The first-order valence-corrected chi connectivity index (χ1v) is 5.22. The minimum atomic E-state index is 0.878. The van der Waals surface area contributed by atoms with Gasteiger partial charge in [-0.1, -0.05) is 19.4 Å². The molecule has 0 spiro atoms. The second-order valence-corrected chi connectivity index (χ2v) is 3.84. The lowest BCUT2D eigenvalue weighted by Crippen LogP contribution is -2.19. The molecule has 0 fully saturated rings. The molecule has 78 valence electrons. The van der Waals surface area contributed by atoms with Crippen LogP contribution in [-0.2, 0) is 0 Å². The predicted molar refractivity (Wildman–Crippen MR) is 63.8 cm³/mol. The number of nitrogens with zero attached hydrogens (tertiary/aromatic N) is 1. The van der Waals surface area contributed by atoms with Crippen LogP contribution in [0.5, 0.6) is 0 Å². The summed E-state index contributed by atoms with van der Waals surface area (Å²) in [6.07, 6.45) is 2.43. The Balaban J connectivity index is 2.74. The van der Waals surface area contributed by atoms with E-state index in [9.17, 15) is 0 Å². The Bertz CT molecular complexity index is 294. The molecule has 0 saturated carbocycles. The van der Waals surface area contributed by atoms with Crippen LogP contribution in [0.25, 0.3) is 0 Å². The highest BCUT2D eigenvalue weighted by Crippen LogP contribution is 2.23. The number of benzene rings is 1. The summed E-state index contributed by atoms with van der Waals surface area (Å²) in [7, 11) is 2.09. The highest BCUT2D eigenvalue weighted by molar-refractivity contribution is 5.68. The van der Waals surface area contributed by atoms with Crippen molar-refractivity contribution in [3.05, 3.63) is 23.8 Å². The van der Waals surface area contributed by atoms with Crippen LogP contribution in [0.3, 0.4) is 0 Å². The molecule has 14 heavy (non-hydrogen) atoms. The van der Waals surface area contributed by atoms with E-state index >= 15 is 0 Å². The van der Waals surface area contributed by atoms with E-state index in [1.54, 1.807) is 0 Å². The lowest BCUT2D eigenvalue weighted by Gasteiger charge is -2.21. The van der Waals surface area contributed by atoms with Gasteiger partial charge in [-0.05, 0) is 31.0 Å². The predicted octanol–water partition coefficient (Wildman–Crippen LogP) is 2.81. The van der Waals surface area contributed by atoms with E-state index in [0.29, 0.717) is 0 Å². The smallest absolute Gasteiger partial charge is 0.0597 e. The fourth-order valence-electron chi connectivity index (χ4n) is 1.54. The Kier molecular flexibility index (Phi) is 3.81. The highest BCUT2D eigenvalue weighted by Gasteiger charge is 2.03. The van der Waals surface area contributed by atoms with E-state index in [4.69, 9.17) is 5.73 Å². The molecule has 0 bridgehead atoms. The third-order valence-corrected chi connectivity index (χ3v) is 2.44. The molecule has 0 radical (unpaired) electrons. The van der Waals surface area contributed by atoms with Crippen molar-refractivity contribution in [1.82, 2.24) is 0 Å². The van der Waals surface area contributed by atoms with Crippen LogP contribution in [-0.4, -0.2) is 13.6 Å². The largest absolute Gasteiger partial charge is 0.397 e. The standard InChI is InChI=1S/C12H20N2/c1-4-5-8-14(3)12-7-6-10(2)9-11(12)13/h6-7,9H,4-5,8,13H2,1-3H3. The number of rotatable bonds is 4. The van der Waals surface area contributed by atoms with E-state index in [1.165, 1.54) is 18.4 Å². The third-order valence-electron chi connectivity index (χ3n) is 2.44. The Labute approximate surface area is 86.7 Å². The molecule has 1 aromatic carbocycles. The minimum Gasteiger partial charge on any atom is -0.397 e. The average Bonchev–Trinajstić information content (AvgIpc) is 2.14. The summed E-state index contributed by atoms with van der Waals surface area (Å²) in [5.74, 6) is 0. The molecule has 0 amide bonds. The number of nitrogen functional groups attached to an aromatic ring is 1. The second-order valence-electron chi connectivity index (χ2n) is 3.84. The van der Waals surface area contributed by atoms with Crippen molar-refractivity contribution in [2.45, 2.75) is 26.7 Å². The molecule has 0 aromatic heterocycles. The van der Waals surface area contributed by atoms with Crippen molar-refractivity contribution in [2.75, 3.05) is 24.2 Å². The summed E-state index contributed by atoms with van der Waals surface area (Å²) in [6, 6.07) is 6.23. The summed E-state index contributed by atoms with van der Waals surface area (Å²) in [5, 5.41) is 0. The van der Waals surface area contributed by atoms with E-state index < -0.39 is 0 Å². The molecule has 0 unspecified atom stereocenters. The van der Waals surface area contributed by atoms with Gasteiger partial charge in [-0.25, -0.2) is 0 Å². The molecule has 0 aliphatic heterocycles. The number of anilines is 2. The molecular formula is C12H20N2. The second kappa shape index (κ2) is 4.89. The third kappa shape index (κ3) is 2.66. The van der Waals surface area contributed by atoms with Gasteiger partial charge in [0.1, 0.15) is 0 Å². The molecule has 2 heteroatoms. The fourth-order valence-corrected chi connectivity index (χ4v) is 1.54. The summed E-state index contributed by atoms with van der Waals surface area (Å²) in [6.45, 7) is 5.34. The number of nitrogens with two attached hydrogens (primary N) is 1. The molecule has 0 heterocycles. The maximum atomic E-state index is 5.95. The summed E-state index contributed by atoms with van der Waals surface area (Å²) < 4.78 is 0. The molecule has 0 atom stereocenters. The van der Waals surface area contributed by atoms with Gasteiger partial charge in [0.05, 0.1) is 11.4 Å². The number of hydrogen-bond donors (Lipinski definition) is 1. The van der Waals surface area contributed by atoms with E-state index in [-0.39, 0.29) is 0 Å². The number of aryl methyl sites for hydroxylation is 1. The number of hydrogen-bond acceptors (Lipinski definition) is 2. The quantitative estimate of drug-likeness (QED) is 0.743. The molecule has 1 aromatic rings. The zero-order valence-corrected chi connectivity index (χ0v) is 9.38. The Hall–Kier alpha value is -1.18. The molecular weight excluding hydrogens is 172 g/mol. The zero-order chi connectivity index (χ0) is 10.6. The molecule has 0 aliphatic carbocycles. The Morgan fingerprint density at radius 1 is 1.36 bits per heavy atom. The topological polar surface area (TPSA) is 29.3 Å². The fraction of sp³-hybridized carbons (Fsp3) is 0.500. The highest BCUT2D eigenvalue weighted by atomic mass is 15.1. The minimum absolute atomic E-state index is 0.878. The normalized spacial score (nSPS) is 10.2. The lowest BCUT2D eigenvalue weighted by atomic mass is 10.2. The van der Waals surface area contributed by atoms with Crippen LogP contribution in [0.15, 0.2) is 18.2 Å². The van der Waals surface area contributed by atoms with Crippen LogP contribution >= 0.6 is 0 Å². The van der Waals surface area contributed by atoms with Gasteiger partial charge in [0, 0.05) is 13.6 Å². The summed E-state index contributed by atoms with van der Waals surface area (Å²) in [4.78, 5) is 2.22. The molecule has 0 aliphatic rings. The van der Waals surface area contributed by atoms with Crippen molar-refractivity contribution in [1.29, 1.82) is 0 Å². The molecule has 2 N–H and O–H groups in total. The van der Waals surface area contributed by atoms with Gasteiger partial charge in [0.2, 0.25) is 0 Å². The van der Waals surface area contributed by atoms with Crippen molar-refractivity contribution in [2.24, 2.45) is 0 Å². The van der Waals surface area contributed by atoms with Crippen LogP contribution in [0, 0.1) is 6.92 Å². The number of unbranched alkanes of at least 4 members (excludes halogenated alkanes) is 1. The lowest BCUT2D eigenvalue weighted by molar-refractivity contribution is 0.767.